The second-order valence-electron chi connectivity index (χ2n) is 5.13. The van der Waals surface area contributed by atoms with Gasteiger partial charge in [-0.25, -0.2) is 13.6 Å². The topological polar surface area (TPSA) is 78.7 Å². The Morgan fingerprint density at radius 3 is 2.64 bits per heavy atom. The van der Waals surface area contributed by atoms with Gasteiger partial charge in [-0.1, -0.05) is 0 Å². The highest BCUT2D eigenvalue weighted by Gasteiger charge is 2.19. The van der Waals surface area contributed by atoms with E-state index in [4.69, 9.17) is 5.73 Å². The largest absolute Gasteiger partial charge is 0.351 e. The van der Waals surface area contributed by atoms with Crippen molar-refractivity contribution < 1.29 is 18.4 Å². The van der Waals surface area contributed by atoms with Crippen molar-refractivity contribution in [3.8, 4) is 0 Å². The van der Waals surface area contributed by atoms with Crippen LogP contribution in [0.2, 0.25) is 0 Å². The number of anilines is 1. The second kappa shape index (κ2) is 7.17. The minimum Gasteiger partial charge on any atom is -0.351 e. The number of benzene rings is 1. The lowest BCUT2D eigenvalue weighted by atomic mass is 10.3. The van der Waals surface area contributed by atoms with E-state index in [9.17, 15) is 18.4 Å². The van der Waals surface area contributed by atoms with Crippen molar-refractivity contribution in [1.29, 1.82) is 0 Å². The molecule has 0 aromatic heterocycles. The first-order chi connectivity index (χ1) is 10.5. The molecule has 1 aliphatic rings. The number of nitrogens with zero attached hydrogens (tertiary/aromatic N) is 2. The first kappa shape index (κ1) is 16.2. The lowest BCUT2D eigenvalue weighted by Crippen LogP contribution is -2.40. The summed E-state index contributed by atoms with van der Waals surface area (Å²) in [5, 5.41) is 2.41. The van der Waals surface area contributed by atoms with Crippen molar-refractivity contribution in [2.75, 3.05) is 38.0 Å². The summed E-state index contributed by atoms with van der Waals surface area (Å²) in [4.78, 5) is 26.4. The zero-order chi connectivity index (χ0) is 16.1. The number of primary amides is 1. The van der Waals surface area contributed by atoms with Crippen LogP contribution < -0.4 is 11.1 Å². The molecule has 1 aromatic rings. The number of hydrogen-bond acceptors (Lipinski definition) is 3. The molecule has 1 aromatic carbocycles. The fourth-order valence-corrected chi connectivity index (χ4v) is 2.33. The maximum absolute atomic E-state index is 13.5. The number of amides is 3. The van der Waals surface area contributed by atoms with Crippen LogP contribution in [0.15, 0.2) is 18.2 Å². The molecule has 1 heterocycles. The van der Waals surface area contributed by atoms with E-state index in [1.54, 1.807) is 0 Å². The van der Waals surface area contributed by atoms with Gasteiger partial charge in [0, 0.05) is 32.2 Å². The van der Waals surface area contributed by atoms with E-state index in [0.717, 1.165) is 6.07 Å². The maximum Gasteiger partial charge on any atom is 0.314 e. The number of hydrogen-bond donors (Lipinski definition) is 2. The van der Waals surface area contributed by atoms with Crippen LogP contribution in [-0.4, -0.2) is 54.5 Å². The summed E-state index contributed by atoms with van der Waals surface area (Å²) in [6.45, 7) is 2.24. The van der Waals surface area contributed by atoms with E-state index in [1.165, 1.54) is 11.0 Å². The summed E-state index contributed by atoms with van der Waals surface area (Å²) in [7, 11) is 0. The van der Waals surface area contributed by atoms with Crippen molar-refractivity contribution in [3.63, 3.8) is 0 Å². The lowest BCUT2D eigenvalue weighted by Gasteiger charge is -2.20. The van der Waals surface area contributed by atoms with Crippen LogP contribution in [0.3, 0.4) is 0 Å². The number of urea groups is 1. The molecule has 0 atom stereocenters. The number of rotatable bonds is 3. The van der Waals surface area contributed by atoms with Gasteiger partial charge in [-0.3, -0.25) is 9.69 Å². The van der Waals surface area contributed by atoms with Gasteiger partial charge in [0.25, 0.3) is 0 Å². The average Bonchev–Trinajstić information content (AvgIpc) is 2.67. The molecule has 0 radical (unpaired) electrons. The number of halogens is 2. The SMILES string of the molecule is NC(=O)N1CCCN(CC(=O)Nc2ccc(F)cc2F)CC1. The molecule has 8 heteroatoms. The Hall–Kier alpha value is -2.22. The summed E-state index contributed by atoms with van der Waals surface area (Å²) in [5.41, 5.74) is 5.18. The molecule has 0 unspecified atom stereocenters. The van der Waals surface area contributed by atoms with Crippen LogP contribution in [0.4, 0.5) is 19.3 Å². The second-order valence-corrected chi connectivity index (χ2v) is 5.13. The first-order valence-electron chi connectivity index (χ1n) is 6.97. The summed E-state index contributed by atoms with van der Waals surface area (Å²) < 4.78 is 26.3. The normalized spacial score (nSPS) is 16.2. The molecule has 3 amide bonds. The molecular weight excluding hydrogens is 294 g/mol. The van der Waals surface area contributed by atoms with Gasteiger partial charge in [-0.15, -0.1) is 0 Å². The van der Waals surface area contributed by atoms with E-state index < -0.39 is 23.6 Å². The standard InChI is InChI=1S/C14H18F2N4O2/c15-10-2-3-12(11(16)8-10)18-13(21)9-19-4-1-5-20(7-6-19)14(17)22/h2-3,8H,1,4-7,9H2,(H2,17,22)(H,18,21). The number of nitrogens with one attached hydrogen (secondary N) is 1. The summed E-state index contributed by atoms with van der Waals surface area (Å²) >= 11 is 0. The fraction of sp³-hybridized carbons (Fsp3) is 0.429. The molecule has 0 saturated carbocycles. The highest BCUT2D eigenvalue weighted by molar-refractivity contribution is 5.92. The zero-order valence-electron chi connectivity index (χ0n) is 12.0. The minimum atomic E-state index is -0.816. The summed E-state index contributed by atoms with van der Waals surface area (Å²) in [5.74, 6) is -1.91. The smallest absolute Gasteiger partial charge is 0.314 e. The number of nitrogens with two attached hydrogens (primary N) is 1. The fourth-order valence-electron chi connectivity index (χ4n) is 2.33. The van der Waals surface area contributed by atoms with E-state index in [-0.39, 0.29) is 12.2 Å². The molecule has 0 spiro atoms. The molecule has 0 aliphatic carbocycles. The average molecular weight is 312 g/mol. The molecule has 2 rings (SSSR count). The number of carbonyl (C=O) groups excluding carboxylic acids is 2. The molecule has 1 aliphatic heterocycles. The minimum absolute atomic E-state index is 0.0556. The van der Waals surface area contributed by atoms with Crippen LogP contribution in [0.25, 0.3) is 0 Å². The Morgan fingerprint density at radius 2 is 1.95 bits per heavy atom. The van der Waals surface area contributed by atoms with Crippen molar-refractivity contribution in [2.45, 2.75) is 6.42 Å². The Morgan fingerprint density at radius 1 is 1.18 bits per heavy atom. The zero-order valence-corrected chi connectivity index (χ0v) is 12.0. The van der Waals surface area contributed by atoms with Crippen molar-refractivity contribution in [1.82, 2.24) is 9.80 Å². The molecule has 120 valence electrons. The van der Waals surface area contributed by atoms with Crippen molar-refractivity contribution >= 4 is 17.6 Å². The maximum atomic E-state index is 13.5. The van der Waals surface area contributed by atoms with Gasteiger partial charge < -0.3 is 16.0 Å². The predicted molar refractivity (Wildman–Crippen MR) is 77.2 cm³/mol. The van der Waals surface area contributed by atoms with Crippen LogP contribution in [0.1, 0.15) is 6.42 Å². The van der Waals surface area contributed by atoms with Gasteiger partial charge in [0.05, 0.1) is 12.2 Å². The molecule has 1 fully saturated rings. The third-order valence-electron chi connectivity index (χ3n) is 3.47. The van der Waals surface area contributed by atoms with Gasteiger partial charge in [-0.05, 0) is 18.6 Å². The molecular formula is C14H18F2N4O2. The molecule has 1 saturated heterocycles. The Balaban J connectivity index is 1.88. The summed E-state index contributed by atoms with van der Waals surface area (Å²) in [6.07, 6.45) is 0.709. The Kier molecular flexibility index (Phi) is 5.26. The van der Waals surface area contributed by atoms with Gasteiger partial charge >= 0.3 is 6.03 Å². The predicted octanol–water partition coefficient (Wildman–Crippen LogP) is 0.990. The Labute approximate surface area is 126 Å². The highest BCUT2D eigenvalue weighted by Crippen LogP contribution is 2.15. The lowest BCUT2D eigenvalue weighted by molar-refractivity contribution is -0.117. The number of carbonyl (C=O) groups is 2. The van der Waals surface area contributed by atoms with E-state index in [2.05, 4.69) is 5.32 Å². The molecule has 3 N–H and O–H groups in total. The van der Waals surface area contributed by atoms with E-state index >= 15 is 0 Å². The van der Waals surface area contributed by atoms with Crippen molar-refractivity contribution in [3.05, 3.63) is 29.8 Å². The van der Waals surface area contributed by atoms with Gasteiger partial charge in [-0.2, -0.15) is 0 Å². The quantitative estimate of drug-likeness (QED) is 0.873. The van der Waals surface area contributed by atoms with Crippen LogP contribution >= 0.6 is 0 Å². The molecule has 0 bridgehead atoms. The first-order valence-corrected chi connectivity index (χ1v) is 6.97. The molecule has 22 heavy (non-hydrogen) atoms. The van der Waals surface area contributed by atoms with Gasteiger partial charge in [0.2, 0.25) is 5.91 Å². The third kappa shape index (κ3) is 4.39. The van der Waals surface area contributed by atoms with Crippen molar-refractivity contribution in [2.24, 2.45) is 5.73 Å². The van der Waals surface area contributed by atoms with Gasteiger partial charge in [0.1, 0.15) is 11.6 Å². The summed E-state index contributed by atoms with van der Waals surface area (Å²) in [6, 6.07) is 2.50. The van der Waals surface area contributed by atoms with Crippen LogP contribution in [0, 0.1) is 11.6 Å². The van der Waals surface area contributed by atoms with E-state index in [0.29, 0.717) is 38.7 Å². The van der Waals surface area contributed by atoms with Gasteiger partial charge in [0.15, 0.2) is 0 Å². The Bertz CT molecular complexity index is 568. The van der Waals surface area contributed by atoms with E-state index in [1.807, 2.05) is 4.90 Å². The van der Waals surface area contributed by atoms with Crippen LogP contribution in [-0.2, 0) is 4.79 Å². The van der Waals surface area contributed by atoms with Crippen LogP contribution in [0.5, 0.6) is 0 Å². The highest BCUT2D eigenvalue weighted by atomic mass is 19.1. The molecule has 6 nitrogen and oxygen atoms in total. The third-order valence-corrected chi connectivity index (χ3v) is 3.47. The monoisotopic (exact) mass is 312 g/mol.